The number of allylic oxidation sites excluding steroid dienone is 1. The molecule has 9 nitrogen and oxygen atoms in total. The fourth-order valence-corrected chi connectivity index (χ4v) is 10.9. The lowest BCUT2D eigenvalue weighted by Crippen LogP contribution is -2.49. The van der Waals surface area contributed by atoms with Crippen LogP contribution in [0.5, 0.6) is 5.75 Å². The predicted molar refractivity (Wildman–Crippen MR) is 197 cm³/mol. The predicted octanol–water partition coefficient (Wildman–Crippen LogP) is 7.16. The first kappa shape index (κ1) is 35.0. The molecule has 1 aromatic heterocycles. The van der Waals surface area contributed by atoms with Crippen LogP contribution < -0.4 is 9.64 Å². The lowest BCUT2D eigenvalue weighted by Gasteiger charge is -2.46. The number of aromatic nitrogens is 2. The zero-order chi connectivity index (χ0) is 35.0. The average molecular weight is 719 g/mol. The summed E-state index contributed by atoms with van der Waals surface area (Å²) in [6.45, 7) is 6.58. The molecule has 2 aliphatic carbocycles. The monoisotopic (exact) mass is 718 g/mol. The molecule has 266 valence electrons. The number of rotatable bonds is 5. The third-order valence-corrected chi connectivity index (χ3v) is 13.7. The van der Waals surface area contributed by atoms with Gasteiger partial charge in [-0.3, -0.25) is 14.3 Å². The number of halogens is 1. The van der Waals surface area contributed by atoms with Gasteiger partial charge >= 0.3 is 0 Å². The Balaban J connectivity index is 1.30. The second-order valence-electron chi connectivity index (χ2n) is 14.7. The van der Waals surface area contributed by atoms with E-state index in [2.05, 4.69) is 38.6 Å². The van der Waals surface area contributed by atoms with E-state index < -0.39 is 15.6 Å². The molecule has 0 N–H and O–H groups in total. The van der Waals surface area contributed by atoms with Crippen LogP contribution >= 0.6 is 11.6 Å². The molecule has 11 heteroatoms. The van der Waals surface area contributed by atoms with Crippen molar-refractivity contribution in [3.8, 4) is 5.75 Å². The molecule has 1 amide bonds. The number of hydrogen-bond acceptors (Lipinski definition) is 7. The van der Waals surface area contributed by atoms with Gasteiger partial charge < -0.3 is 14.4 Å². The van der Waals surface area contributed by atoms with Crippen molar-refractivity contribution in [1.29, 1.82) is 0 Å². The third-order valence-electron chi connectivity index (χ3n) is 11.2. The van der Waals surface area contributed by atoms with Crippen LogP contribution in [0.1, 0.15) is 77.8 Å². The van der Waals surface area contributed by atoms with Crippen LogP contribution in [0.15, 0.2) is 65.3 Å². The summed E-state index contributed by atoms with van der Waals surface area (Å²) in [5.74, 6) is 0.248. The highest BCUT2D eigenvalue weighted by Gasteiger charge is 2.44. The fourth-order valence-electron chi connectivity index (χ4n) is 8.44. The molecule has 50 heavy (non-hydrogen) atoms. The Morgan fingerprint density at radius 3 is 2.82 bits per heavy atom. The largest absolute Gasteiger partial charge is 0.490 e. The maximum absolute atomic E-state index is 14.6. The molecule has 0 radical (unpaired) electrons. The van der Waals surface area contributed by atoms with Gasteiger partial charge in [0.15, 0.2) is 5.78 Å². The van der Waals surface area contributed by atoms with Crippen molar-refractivity contribution < 1.29 is 23.3 Å². The van der Waals surface area contributed by atoms with Crippen molar-refractivity contribution in [2.75, 3.05) is 43.2 Å². The van der Waals surface area contributed by atoms with E-state index in [0.717, 1.165) is 61.7 Å². The minimum absolute atomic E-state index is 0.0401. The summed E-state index contributed by atoms with van der Waals surface area (Å²) in [6.07, 6.45) is 13.2. The molecule has 7 rings (SSSR count). The highest BCUT2D eigenvalue weighted by molar-refractivity contribution is 7.94. The summed E-state index contributed by atoms with van der Waals surface area (Å²) >= 11 is 6.46. The van der Waals surface area contributed by atoms with Crippen molar-refractivity contribution in [1.82, 2.24) is 9.78 Å². The summed E-state index contributed by atoms with van der Waals surface area (Å²) < 4.78 is 33.3. The van der Waals surface area contributed by atoms with Crippen LogP contribution in [0, 0.1) is 17.8 Å². The third kappa shape index (κ3) is 7.03. The normalized spacial score (nSPS) is 30.2. The van der Waals surface area contributed by atoms with Crippen LogP contribution in [-0.4, -0.2) is 70.1 Å². The molecular formula is C39H47ClN4O5S. The molecular weight excluding hydrogens is 672 g/mol. The van der Waals surface area contributed by atoms with Gasteiger partial charge in [-0.2, -0.15) is 9.46 Å². The number of Topliss-reactive ketones (excluding diaryl/α,β-unsaturated/α-hetero) is 1. The number of ketones is 1. The van der Waals surface area contributed by atoms with Crippen LogP contribution in [0.4, 0.5) is 5.69 Å². The van der Waals surface area contributed by atoms with Gasteiger partial charge in [-0.25, -0.2) is 4.21 Å². The zero-order valence-electron chi connectivity index (χ0n) is 29.2. The Bertz CT molecular complexity index is 1930. The Labute approximate surface area is 300 Å². The summed E-state index contributed by atoms with van der Waals surface area (Å²) in [5, 5.41) is 4.96. The van der Waals surface area contributed by atoms with Crippen molar-refractivity contribution in [3.05, 3.63) is 88.2 Å². The van der Waals surface area contributed by atoms with E-state index in [-0.39, 0.29) is 34.7 Å². The quantitative estimate of drug-likeness (QED) is 0.204. The number of carbonyl (C=O) groups is 2. The number of methoxy groups -OCH3 is 1. The Kier molecular flexibility index (Phi) is 9.98. The van der Waals surface area contributed by atoms with E-state index >= 15 is 0 Å². The maximum Gasteiger partial charge on any atom is 0.285 e. The van der Waals surface area contributed by atoms with Gasteiger partial charge in [0, 0.05) is 54.7 Å². The van der Waals surface area contributed by atoms with E-state index in [4.69, 9.17) is 21.1 Å². The summed E-state index contributed by atoms with van der Waals surface area (Å²) in [5.41, 5.74) is 3.85. The minimum Gasteiger partial charge on any atom is -0.490 e. The Hall–Kier alpha value is -3.47. The number of ether oxygens (including phenoxy) is 2. The lowest BCUT2D eigenvalue weighted by atomic mass is 9.68. The van der Waals surface area contributed by atoms with E-state index in [1.54, 1.807) is 24.1 Å². The zero-order valence-corrected chi connectivity index (χ0v) is 30.8. The van der Waals surface area contributed by atoms with Gasteiger partial charge in [-0.1, -0.05) is 36.7 Å². The second-order valence-corrected chi connectivity index (χ2v) is 17.5. The highest BCUT2D eigenvalue weighted by atomic mass is 35.5. The number of aryl methyl sites for hydroxylation is 2. The molecule has 2 bridgehead atoms. The van der Waals surface area contributed by atoms with Gasteiger partial charge in [0.25, 0.3) is 5.91 Å². The fraction of sp³-hybridized carbons (Fsp3) is 0.513. The summed E-state index contributed by atoms with van der Waals surface area (Å²) in [6, 6.07) is 11.7. The topological polar surface area (TPSA) is 103 Å². The Morgan fingerprint density at radius 2 is 2.06 bits per heavy atom. The van der Waals surface area contributed by atoms with Crippen LogP contribution in [-0.2, 0) is 32.8 Å². The minimum atomic E-state index is -3.27. The van der Waals surface area contributed by atoms with Crippen molar-refractivity contribution >= 4 is 38.7 Å². The van der Waals surface area contributed by atoms with Crippen LogP contribution in [0.25, 0.3) is 0 Å². The van der Waals surface area contributed by atoms with Gasteiger partial charge in [0.2, 0.25) is 0 Å². The van der Waals surface area contributed by atoms with Crippen molar-refractivity contribution in [2.24, 2.45) is 22.1 Å². The maximum atomic E-state index is 14.6. The van der Waals surface area contributed by atoms with Gasteiger partial charge in [0.05, 0.1) is 45.6 Å². The standard InChI is InChI=1S/C39H47ClN4O5S/c1-4-44-21-30(19-41-44)35(45)23-50(47)22-26(2)7-5-9-36(48-3)32-13-10-29(32)20-43-24-39(16-6-8-27-17-31(40)12-14-33(27)39)25-49-37-15-11-28(18-34(37)43)38(46)42-50/h5,9,11-12,14-15,17-19,21,26,29,32,36H,4,6-8,10,13,16,20,22-25H2,1-3H3/b9-5+/t26-,29-,32+,36-,39-,50+/m0/s1. The number of amides is 1. The molecule has 4 aliphatic rings. The molecule has 0 saturated heterocycles. The smallest absolute Gasteiger partial charge is 0.285 e. The second kappa shape index (κ2) is 14.3. The van der Waals surface area contributed by atoms with Gasteiger partial charge in [0.1, 0.15) is 5.75 Å². The van der Waals surface area contributed by atoms with Crippen LogP contribution in [0.2, 0.25) is 5.02 Å². The first-order chi connectivity index (χ1) is 24.1. The number of benzene rings is 2. The lowest BCUT2D eigenvalue weighted by molar-refractivity contribution is 0.0131. The number of fused-ring (bicyclic) bond motifs is 4. The highest BCUT2D eigenvalue weighted by Crippen LogP contribution is 2.47. The number of hydrogen-bond donors (Lipinski definition) is 0. The SMILES string of the molecule is CCn1cc(C(=O)C[S@@]2(=O)=NC(=O)c3ccc4c(c3)N(C[C@@H]3CC[C@H]3[C@@H](OC)/C=C/C[C@H](C)C2)C[C@@]2(CCCc3cc(Cl)ccc32)CO4)cn1. The average Bonchev–Trinajstić information content (AvgIpc) is 3.52. The molecule has 0 unspecified atom stereocenters. The Morgan fingerprint density at radius 1 is 1.20 bits per heavy atom. The van der Waals surface area contributed by atoms with Gasteiger partial charge in [-0.05, 0) is 105 Å². The number of anilines is 1. The summed E-state index contributed by atoms with van der Waals surface area (Å²) in [4.78, 5) is 29.8. The first-order valence-electron chi connectivity index (χ1n) is 17.9. The number of carbonyl (C=O) groups excluding carboxylic acids is 2. The van der Waals surface area contributed by atoms with Gasteiger partial charge in [-0.15, -0.1) is 0 Å². The van der Waals surface area contributed by atoms with Crippen molar-refractivity contribution in [3.63, 3.8) is 0 Å². The van der Waals surface area contributed by atoms with Crippen molar-refractivity contribution in [2.45, 2.75) is 70.4 Å². The van der Waals surface area contributed by atoms with E-state index in [1.165, 1.54) is 17.3 Å². The van der Waals surface area contributed by atoms with E-state index in [1.807, 2.05) is 32.0 Å². The van der Waals surface area contributed by atoms with E-state index in [9.17, 15) is 13.8 Å². The molecule has 1 fully saturated rings. The molecule has 1 spiro atoms. The molecule has 1 saturated carbocycles. The molecule has 2 aliphatic heterocycles. The summed E-state index contributed by atoms with van der Waals surface area (Å²) in [7, 11) is -1.50. The molecule has 2 aromatic carbocycles. The molecule has 3 heterocycles. The molecule has 6 atom stereocenters. The first-order valence-corrected chi connectivity index (χ1v) is 20.1. The number of nitrogens with zero attached hydrogens (tertiary/aromatic N) is 4. The van der Waals surface area contributed by atoms with E-state index in [0.29, 0.717) is 42.5 Å². The molecule has 3 aromatic rings. The van der Waals surface area contributed by atoms with Crippen LogP contribution in [0.3, 0.4) is 0 Å².